The summed E-state index contributed by atoms with van der Waals surface area (Å²) in [7, 11) is 2.17. The van der Waals surface area contributed by atoms with Gasteiger partial charge in [-0.05, 0) is 51.2 Å². The summed E-state index contributed by atoms with van der Waals surface area (Å²) >= 11 is 6.33. The summed E-state index contributed by atoms with van der Waals surface area (Å²) in [4.78, 5) is 20.6. The predicted octanol–water partition coefficient (Wildman–Crippen LogP) is 3.80. The number of hydrogen-bond donors (Lipinski definition) is 0. The first kappa shape index (κ1) is 17.5. The Hall–Kier alpha value is -2.57. The van der Waals surface area contributed by atoms with E-state index in [2.05, 4.69) is 31.5 Å². The van der Waals surface area contributed by atoms with Crippen molar-refractivity contribution in [3.8, 4) is 0 Å². The number of aromatic nitrogens is 5. The number of fused-ring (bicyclic) bond motifs is 3. The van der Waals surface area contributed by atoms with Gasteiger partial charge in [-0.1, -0.05) is 11.6 Å². The molecule has 1 fully saturated rings. The van der Waals surface area contributed by atoms with Gasteiger partial charge >= 0.3 is 0 Å². The Morgan fingerprint density at radius 1 is 1.14 bits per heavy atom. The summed E-state index contributed by atoms with van der Waals surface area (Å²) in [6, 6.07) is 8.26. The minimum atomic E-state index is 0.373. The van der Waals surface area contributed by atoms with Gasteiger partial charge in [0.2, 0.25) is 0 Å². The summed E-state index contributed by atoms with van der Waals surface area (Å²) in [5, 5.41) is 1.77. The van der Waals surface area contributed by atoms with E-state index in [9.17, 15) is 0 Å². The second-order valence-electron chi connectivity index (χ2n) is 7.58. The van der Waals surface area contributed by atoms with Crippen LogP contribution in [0.1, 0.15) is 29.7 Å². The number of nitrogens with zero attached hydrogens (tertiary/aromatic N) is 6. The maximum Gasteiger partial charge on any atom is 0.116 e. The zero-order valence-corrected chi connectivity index (χ0v) is 16.7. The number of likely N-dealkylation sites (N-methyl/N-ethyl adjacent to an activating group) is 1. The lowest BCUT2D eigenvalue weighted by Crippen LogP contribution is -2.18. The predicted molar refractivity (Wildman–Crippen MR) is 111 cm³/mol. The summed E-state index contributed by atoms with van der Waals surface area (Å²) in [6.07, 6.45) is 5.26. The fourth-order valence-electron chi connectivity index (χ4n) is 4.21. The van der Waals surface area contributed by atoms with E-state index in [0.29, 0.717) is 17.5 Å². The highest BCUT2D eigenvalue weighted by Crippen LogP contribution is 2.33. The van der Waals surface area contributed by atoms with Crippen molar-refractivity contribution in [1.29, 1.82) is 0 Å². The van der Waals surface area contributed by atoms with Crippen LogP contribution in [-0.4, -0.2) is 49.5 Å². The highest BCUT2D eigenvalue weighted by atomic mass is 35.5. The maximum atomic E-state index is 6.33. The van der Waals surface area contributed by atoms with Gasteiger partial charge in [-0.25, -0.2) is 15.0 Å². The first-order valence-electron chi connectivity index (χ1n) is 9.49. The standard InChI is InChI=1S/C21H21ClN6/c1-13-7-15(25-12-24-13)9-20-26-19-10-23-18-4-3-14(22)8-17(18)21(19)28(20)16-5-6-27(2)11-16/h3-4,7-8,10,12,16H,5-6,9,11H2,1-2H3. The normalized spacial score (nSPS) is 17.8. The number of hydrogen-bond acceptors (Lipinski definition) is 5. The quantitative estimate of drug-likeness (QED) is 0.530. The van der Waals surface area contributed by atoms with E-state index in [0.717, 1.165) is 58.7 Å². The molecule has 0 N–H and O–H groups in total. The molecular weight excluding hydrogens is 372 g/mol. The third kappa shape index (κ3) is 3.02. The number of rotatable bonds is 3. The van der Waals surface area contributed by atoms with Gasteiger partial charge in [0.1, 0.15) is 17.7 Å². The topological polar surface area (TPSA) is 59.7 Å². The van der Waals surface area contributed by atoms with Crippen molar-refractivity contribution in [2.75, 3.05) is 20.1 Å². The highest BCUT2D eigenvalue weighted by Gasteiger charge is 2.27. The first-order chi connectivity index (χ1) is 13.6. The van der Waals surface area contributed by atoms with Crippen LogP contribution < -0.4 is 0 Å². The smallest absolute Gasteiger partial charge is 0.116 e. The van der Waals surface area contributed by atoms with Crippen LogP contribution in [0.3, 0.4) is 0 Å². The molecule has 1 aromatic carbocycles. The lowest BCUT2D eigenvalue weighted by molar-refractivity contribution is 0.392. The number of imidazole rings is 1. The van der Waals surface area contributed by atoms with Gasteiger partial charge < -0.3 is 9.47 Å². The molecule has 0 amide bonds. The minimum absolute atomic E-state index is 0.373. The molecule has 3 aromatic heterocycles. The van der Waals surface area contributed by atoms with Gasteiger partial charge in [-0.2, -0.15) is 0 Å². The Bertz CT molecular complexity index is 1180. The second-order valence-corrected chi connectivity index (χ2v) is 8.02. The van der Waals surface area contributed by atoms with Crippen LogP contribution in [0.5, 0.6) is 0 Å². The summed E-state index contributed by atoms with van der Waals surface area (Å²) < 4.78 is 2.40. The molecule has 0 bridgehead atoms. The Balaban J connectivity index is 1.74. The van der Waals surface area contributed by atoms with E-state index >= 15 is 0 Å². The van der Waals surface area contributed by atoms with Crippen LogP contribution in [0.4, 0.5) is 0 Å². The third-order valence-corrected chi connectivity index (χ3v) is 5.72. The van der Waals surface area contributed by atoms with E-state index in [-0.39, 0.29) is 0 Å². The Labute approximate surface area is 168 Å². The van der Waals surface area contributed by atoms with E-state index < -0.39 is 0 Å². The Kier molecular flexibility index (Phi) is 4.25. The van der Waals surface area contributed by atoms with Crippen molar-refractivity contribution in [2.24, 2.45) is 0 Å². The molecule has 0 radical (unpaired) electrons. The fourth-order valence-corrected chi connectivity index (χ4v) is 4.38. The molecule has 7 heteroatoms. The molecule has 0 spiro atoms. The summed E-state index contributed by atoms with van der Waals surface area (Å²) in [5.41, 5.74) is 4.91. The van der Waals surface area contributed by atoms with Crippen LogP contribution in [0.25, 0.3) is 21.9 Å². The molecule has 6 nitrogen and oxygen atoms in total. The van der Waals surface area contributed by atoms with Crippen LogP contribution >= 0.6 is 11.6 Å². The van der Waals surface area contributed by atoms with Gasteiger partial charge in [0.05, 0.1) is 22.9 Å². The van der Waals surface area contributed by atoms with Gasteiger partial charge in [0, 0.05) is 35.1 Å². The molecule has 0 aliphatic carbocycles. The van der Waals surface area contributed by atoms with Crippen molar-refractivity contribution in [3.05, 3.63) is 59.0 Å². The van der Waals surface area contributed by atoms with Crippen LogP contribution in [0.15, 0.2) is 36.8 Å². The lowest BCUT2D eigenvalue weighted by Gasteiger charge is -2.18. The molecule has 28 heavy (non-hydrogen) atoms. The van der Waals surface area contributed by atoms with Gasteiger partial charge in [-0.15, -0.1) is 0 Å². The first-order valence-corrected chi connectivity index (χ1v) is 9.87. The third-order valence-electron chi connectivity index (χ3n) is 5.48. The molecule has 142 valence electrons. The number of likely N-dealkylation sites (tertiary alicyclic amines) is 1. The maximum absolute atomic E-state index is 6.33. The number of aryl methyl sites for hydroxylation is 1. The van der Waals surface area contributed by atoms with Crippen molar-refractivity contribution >= 4 is 33.5 Å². The SMILES string of the molecule is Cc1cc(Cc2nc3cnc4ccc(Cl)cc4c3n2C2CCN(C)C2)ncn1. The molecular formula is C21H21ClN6. The van der Waals surface area contributed by atoms with Gasteiger partial charge in [0.25, 0.3) is 0 Å². The highest BCUT2D eigenvalue weighted by molar-refractivity contribution is 6.31. The monoisotopic (exact) mass is 392 g/mol. The van der Waals surface area contributed by atoms with Crippen LogP contribution in [-0.2, 0) is 6.42 Å². The molecule has 5 rings (SSSR count). The average molecular weight is 393 g/mol. The molecule has 0 saturated carbocycles. The number of halogens is 1. The van der Waals surface area contributed by atoms with E-state index in [1.165, 1.54) is 0 Å². The Morgan fingerprint density at radius 2 is 2.04 bits per heavy atom. The second kappa shape index (κ2) is 6.79. The fraction of sp³-hybridized carbons (Fsp3) is 0.333. The van der Waals surface area contributed by atoms with Crippen molar-refractivity contribution in [3.63, 3.8) is 0 Å². The van der Waals surface area contributed by atoms with Gasteiger partial charge in [0.15, 0.2) is 0 Å². The van der Waals surface area contributed by atoms with Crippen molar-refractivity contribution in [2.45, 2.75) is 25.8 Å². The van der Waals surface area contributed by atoms with Crippen molar-refractivity contribution in [1.82, 2.24) is 29.4 Å². The molecule has 1 saturated heterocycles. The molecule has 4 aromatic rings. The Morgan fingerprint density at radius 3 is 2.82 bits per heavy atom. The molecule has 1 unspecified atom stereocenters. The summed E-state index contributed by atoms with van der Waals surface area (Å²) in [5.74, 6) is 1.02. The van der Waals surface area contributed by atoms with E-state index in [1.54, 1.807) is 6.33 Å². The molecule has 1 aliphatic heterocycles. The zero-order chi connectivity index (χ0) is 19.3. The number of benzene rings is 1. The molecule has 1 aliphatic rings. The molecule has 1 atom stereocenters. The van der Waals surface area contributed by atoms with Crippen LogP contribution in [0, 0.1) is 6.92 Å². The average Bonchev–Trinajstić information content (AvgIpc) is 3.24. The zero-order valence-electron chi connectivity index (χ0n) is 15.9. The lowest BCUT2D eigenvalue weighted by atomic mass is 10.1. The van der Waals surface area contributed by atoms with E-state index in [4.69, 9.17) is 16.6 Å². The summed E-state index contributed by atoms with van der Waals surface area (Å²) in [6.45, 7) is 4.07. The molecule has 4 heterocycles. The largest absolute Gasteiger partial charge is 0.323 e. The van der Waals surface area contributed by atoms with Crippen LogP contribution in [0.2, 0.25) is 5.02 Å². The van der Waals surface area contributed by atoms with Crippen molar-refractivity contribution < 1.29 is 0 Å². The van der Waals surface area contributed by atoms with E-state index in [1.807, 2.05) is 37.4 Å². The number of pyridine rings is 1. The minimum Gasteiger partial charge on any atom is -0.323 e. The van der Waals surface area contributed by atoms with Gasteiger partial charge in [-0.3, -0.25) is 4.98 Å².